The molecule has 2 rings (SSSR count). The molecular formula is C16H28O. The summed E-state index contributed by atoms with van der Waals surface area (Å²) in [6.07, 6.45) is 11.5. The molecule has 0 aromatic heterocycles. The van der Waals surface area contributed by atoms with E-state index in [0.717, 1.165) is 24.7 Å². The number of allylic oxidation sites excluding steroid dienone is 1. The maximum absolute atomic E-state index is 10.3. The highest BCUT2D eigenvalue weighted by atomic mass is 16.3. The highest BCUT2D eigenvalue weighted by Crippen LogP contribution is 2.44. The van der Waals surface area contributed by atoms with Crippen LogP contribution in [0.2, 0.25) is 0 Å². The van der Waals surface area contributed by atoms with Gasteiger partial charge in [0.25, 0.3) is 0 Å². The second-order valence-electron chi connectivity index (χ2n) is 6.44. The molecule has 4 atom stereocenters. The Morgan fingerprint density at radius 1 is 1.18 bits per heavy atom. The van der Waals surface area contributed by atoms with Crippen LogP contribution in [-0.4, -0.2) is 11.2 Å². The van der Waals surface area contributed by atoms with Gasteiger partial charge >= 0.3 is 0 Å². The van der Waals surface area contributed by atoms with Gasteiger partial charge in [-0.2, -0.15) is 0 Å². The van der Waals surface area contributed by atoms with Crippen molar-refractivity contribution in [2.45, 2.75) is 70.8 Å². The van der Waals surface area contributed by atoms with Gasteiger partial charge in [0.1, 0.15) is 0 Å². The summed E-state index contributed by atoms with van der Waals surface area (Å²) in [4.78, 5) is 0. The van der Waals surface area contributed by atoms with Gasteiger partial charge in [0.2, 0.25) is 0 Å². The first-order valence-corrected chi connectivity index (χ1v) is 7.49. The Hall–Kier alpha value is -0.300. The molecule has 0 amide bonds. The Labute approximate surface area is 106 Å². The smallest absolute Gasteiger partial charge is 0.0571 e. The van der Waals surface area contributed by atoms with Gasteiger partial charge in [0.15, 0.2) is 0 Å². The van der Waals surface area contributed by atoms with E-state index in [1.54, 1.807) is 0 Å². The van der Waals surface area contributed by atoms with Crippen molar-refractivity contribution >= 4 is 0 Å². The molecule has 2 saturated carbocycles. The minimum Gasteiger partial charge on any atom is -0.393 e. The summed E-state index contributed by atoms with van der Waals surface area (Å²) < 4.78 is 0. The molecule has 0 aromatic carbocycles. The molecule has 2 aliphatic carbocycles. The number of hydrogen-bond donors (Lipinski definition) is 1. The number of rotatable bonds is 4. The molecule has 1 N–H and O–H groups in total. The summed E-state index contributed by atoms with van der Waals surface area (Å²) in [6.45, 7) is 5.99. The molecule has 0 aromatic rings. The molecule has 1 nitrogen and oxygen atoms in total. The number of fused-ring (bicyclic) bond motifs is 1. The van der Waals surface area contributed by atoms with Gasteiger partial charge in [-0.3, -0.25) is 0 Å². The zero-order valence-corrected chi connectivity index (χ0v) is 11.3. The number of aliphatic hydroxyl groups is 1. The summed E-state index contributed by atoms with van der Waals surface area (Å²) in [5, 5.41) is 10.3. The molecule has 2 fully saturated rings. The molecule has 0 bridgehead atoms. The monoisotopic (exact) mass is 236 g/mol. The lowest BCUT2D eigenvalue weighted by molar-refractivity contribution is 0.0314. The van der Waals surface area contributed by atoms with Crippen molar-refractivity contribution in [3.63, 3.8) is 0 Å². The van der Waals surface area contributed by atoms with Crippen LogP contribution in [-0.2, 0) is 0 Å². The van der Waals surface area contributed by atoms with Crippen LogP contribution in [0.1, 0.15) is 64.7 Å². The summed E-state index contributed by atoms with van der Waals surface area (Å²) in [7, 11) is 0. The predicted molar refractivity (Wildman–Crippen MR) is 72.8 cm³/mol. The van der Waals surface area contributed by atoms with Crippen molar-refractivity contribution in [1.82, 2.24) is 0 Å². The van der Waals surface area contributed by atoms with Crippen LogP contribution in [0.4, 0.5) is 0 Å². The lowest BCUT2D eigenvalue weighted by Crippen LogP contribution is -2.33. The van der Waals surface area contributed by atoms with E-state index in [1.165, 1.54) is 50.5 Å². The van der Waals surface area contributed by atoms with Gasteiger partial charge in [0.05, 0.1) is 6.10 Å². The zero-order valence-electron chi connectivity index (χ0n) is 11.3. The summed E-state index contributed by atoms with van der Waals surface area (Å²) in [5.41, 5.74) is 1.20. The molecule has 2 aliphatic rings. The van der Waals surface area contributed by atoms with E-state index in [4.69, 9.17) is 0 Å². The second-order valence-corrected chi connectivity index (χ2v) is 6.44. The van der Waals surface area contributed by atoms with Gasteiger partial charge in [-0.05, 0) is 56.8 Å². The number of aliphatic hydroxyl groups excluding tert-OH is 1. The summed E-state index contributed by atoms with van der Waals surface area (Å²) in [6, 6.07) is 0. The van der Waals surface area contributed by atoms with E-state index < -0.39 is 0 Å². The molecule has 1 heteroatoms. The Bertz CT molecular complexity index is 258. The average molecular weight is 236 g/mol. The third kappa shape index (κ3) is 3.58. The van der Waals surface area contributed by atoms with Crippen LogP contribution in [0.15, 0.2) is 12.2 Å². The molecule has 0 heterocycles. The van der Waals surface area contributed by atoms with E-state index >= 15 is 0 Å². The van der Waals surface area contributed by atoms with Gasteiger partial charge in [-0.25, -0.2) is 0 Å². The van der Waals surface area contributed by atoms with Crippen molar-refractivity contribution in [2.75, 3.05) is 0 Å². The first-order chi connectivity index (χ1) is 8.16. The molecule has 17 heavy (non-hydrogen) atoms. The Kier molecular flexibility index (Phi) is 4.67. The highest BCUT2D eigenvalue weighted by molar-refractivity contribution is 4.91. The Balaban J connectivity index is 1.80. The van der Waals surface area contributed by atoms with Gasteiger partial charge in [-0.1, -0.05) is 31.3 Å². The molecule has 0 saturated heterocycles. The quantitative estimate of drug-likeness (QED) is 0.721. The fraction of sp³-hybridized carbons (Fsp3) is 0.875. The molecule has 98 valence electrons. The average Bonchev–Trinajstić information content (AvgIpc) is 2.35. The lowest BCUT2D eigenvalue weighted by atomic mass is 9.66. The zero-order chi connectivity index (χ0) is 12.3. The van der Waals surface area contributed by atoms with Gasteiger partial charge in [-0.15, -0.1) is 6.58 Å². The predicted octanol–water partition coefficient (Wildman–Crippen LogP) is 4.31. The second kappa shape index (κ2) is 6.04. The normalized spacial score (nSPS) is 35.1. The summed E-state index contributed by atoms with van der Waals surface area (Å²) in [5.74, 6) is 2.50. The van der Waals surface area contributed by atoms with E-state index in [1.807, 2.05) is 0 Å². The topological polar surface area (TPSA) is 20.2 Å². The Morgan fingerprint density at radius 2 is 1.88 bits per heavy atom. The molecule has 0 radical (unpaired) electrons. The highest BCUT2D eigenvalue weighted by Gasteiger charge is 2.34. The van der Waals surface area contributed by atoms with E-state index in [-0.39, 0.29) is 6.10 Å². The van der Waals surface area contributed by atoms with Crippen molar-refractivity contribution < 1.29 is 5.11 Å². The van der Waals surface area contributed by atoms with E-state index in [0.29, 0.717) is 5.92 Å². The van der Waals surface area contributed by atoms with Gasteiger partial charge in [0, 0.05) is 0 Å². The van der Waals surface area contributed by atoms with E-state index in [9.17, 15) is 5.11 Å². The summed E-state index contributed by atoms with van der Waals surface area (Å²) >= 11 is 0. The minimum atomic E-state index is -0.0745. The van der Waals surface area contributed by atoms with Crippen molar-refractivity contribution in [1.29, 1.82) is 0 Å². The van der Waals surface area contributed by atoms with Crippen LogP contribution in [0, 0.1) is 17.8 Å². The minimum absolute atomic E-state index is 0.0745. The lowest BCUT2D eigenvalue weighted by Gasteiger charge is -2.40. The first kappa shape index (κ1) is 13.1. The standard InChI is InChI=1S/C16H28O/c1-12(2)7-10-16(17)15-9-8-13-5-3-4-6-14(13)11-15/h13-17H,1,3-11H2,2H3. The fourth-order valence-electron chi connectivity index (χ4n) is 3.89. The van der Waals surface area contributed by atoms with Gasteiger partial charge < -0.3 is 5.11 Å². The SMILES string of the molecule is C=C(C)CCC(O)C1CCC2CCCCC2C1. The molecule has 0 spiro atoms. The number of hydrogen-bond acceptors (Lipinski definition) is 1. The fourth-order valence-corrected chi connectivity index (χ4v) is 3.89. The molecular weight excluding hydrogens is 208 g/mol. The maximum atomic E-state index is 10.3. The third-order valence-electron chi connectivity index (χ3n) is 4.99. The first-order valence-electron chi connectivity index (χ1n) is 7.49. The Morgan fingerprint density at radius 3 is 2.59 bits per heavy atom. The van der Waals surface area contributed by atoms with Crippen LogP contribution >= 0.6 is 0 Å². The molecule has 0 aliphatic heterocycles. The van der Waals surface area contributed by atoms with Crippen molar-refractivity contribution in [2.24, 2.45) is 17.8 Å². The maximum Gasteiger partial charge on any atom is 0.0571 e. The van der Waals surface area contributed by atoms with Crippen LogP contribution < -0.4 is 0 Å². The third-order valence-corrected chi connectivity index (χ3v) is 4.99. The molecule has 4 unspecified atom stereocenters. The van der Waals surface area contributed by atoms with Crippen molar-refractivity contribution in [3.05, 3.63) is 12.2 Å². The van der Waals surface area contributed by atoms with Crippen LogP contribution in [0.3, 0.4) is 0 Å². The largest absolute Gasteiger partial charge is 0.393 e. The van der Waals surface area contributed by atoms with E-state index in [2.05, 4.69) is 13.5 Å². The van der Waals surface area contributed by atoms with Crippen LogP contribution in [0.5, 0.6) is 0 Å². The van der Waals surface area contributed by atoms with Crippen molar-refractivity contribution in [3.8, 4) is 0 Å². The van der Waals surface area contributed by atoms with Crippen LogP contribution in [0.25, 0.3) is 0 Å².